The highest BCUT2D eigenvalue weighted by Gasteiger charge is 2.33. The number of amides is 1. The van der Waals surface area contributed by atoms with Crippen molar-refractivity contribution in [2.75, 3.05) is 29.5 Å². The predicted molar refractivity (Wildman–Crippen MR) is 145 cm³/mol. The molecule has 1 atom stereocenters. The first-order valence-electron chi connectivity index (χ1n) is 13.1. The molecule has 4 N–H and O–H groups in total. The summed E-state index contributed by atoms with van der Waals surface area (Å²) in [5.41, 5.74) is 0.558. The number of carbonyl (C=O) groups excluding carboxylic acids is 1. The van der Waals surface area contributed by atoms with Crippen LogP contribution in [0, 0.1) is 5.92 Å². The number of halogens is 3. The van der Waals surface area contributed by atoms with Crippen LogP contribution < -0.4 is 21.3 Å². The standard InChI is InChI=1S/C28H34F3N7O/c1-18(19-8-4-3-5-9-19)16-34-26-36-25(32-2)37-27(38-26)35-22-14-12-20(13-15-22)24(39)33-17-21-10-6-7-11-23(21)28(29,30)31/h3-11,18,20,22H,12-17H2,1-2H3,(H,33,39)(H3,32,34,35,36,37,38)/t18-,20-,22+/m0/s1. The zero-order chi connectivity index (χ0) is 27.8. The van der Waals surface area contributed by atoms with Crippen LogP contribution in [0.2, 0.25) is 0 Å². The van der Waals surface area contributed by atoms with E-state index in [4.69, 9.17) is 0 Å². The summed E-state index contributed by atoms with van der Waals surface area (Å²) in [6.07, 6.45) is -1.79. The van der Waals surface area contributed by atoms with Crippen molar-refractivity contribution in [1.82, 2.24) is 20.3 Å². The van der Waals surface area contributed by atoms with Gasteiger partial charge in [0.1, 0.15) is 0 Å². The number of rotatable bonds is 10. The van der Waals surface area contributed by atoms with E-state index in [1.54, 1.807) is 13.1 Å². The molecule has 0 radical (unpaired) electrons. The summed E-state index contributed by atoms with van der Waals surface area (Å²) in [5, 5.41) is 12.3. The minimum absolute atomic E-state index is 0.0615. The van der Waals surface area contributed by atoms with Crippen LogP contribution in [-0.4, -0.2) is 40.5 Å². The molecule has 1 aromatic heterocycles. The molecule has 2 aromatic carbocycles. The van der Waals surface area contributed by atoms with Gasteiger partial charge in [0.05, 0.1) is 5.56 Å². The van der Waals surface area contributed by atoms with Gasteiger partial charge in [-0.05, 0) is 48.8 Å². The van der Waals surface area contributed by atoms with Crippen LogP contribution in [0.1, 0.15) is 55.2 Å². The maximum atomic E-state index is 13.2. The predicted octanol–water partition coefficient (Wildman–Crippen LogP) is 5.43. The highest BCUT2D eigenvalue weighted by Crippen LogP contribution is 2.32. The molecule has 8 nitrogen and oxygen atoms in total. The number of aromatic nitrogens is 3. The second kappa shape index (κ2) is 12.8. The van der Waals surface area contributed by atoms with E-state index in [1.165, 1.54) is 17.7 Å². The monoisotopic (exact) mass is 541 g/mol. The molecule has 1 amide bonds. The number of nitrogens with zero attached hydrogens (tertiary/aromatic N) is 3. The van der Waals surface area contributed by atoms with Crippen molar-refractivity contribution < 1.29 is 18.0 Å². The van der Waals surface area contributed by atoms with E-state index in [0.29, 0.717) is 50.1 Å². The van der Waals surface area contributed by atoms with Crippen molar-refractivity contribution in [2.24, 2.45) is 5.92 Å². The highest BCUT2D eigenvalue weighted by atomic mass is 19.4. The van der Waals surface area contributed by atoms with Gasteiger partial charge in [0.25, 0.3) is 0 Å². The van der Waals surface area contributed by atoms with Crippen LogP contribution in [-0.2, 0) is 17.5 Å². The summed E-state index contributed by atoms with van der Waals surface area (Å²) < 4.78 is 39.7. The van der Waals surface area contributed by atoms with Crippen molar-refractivity contribution >= 4 is 23.8 Å². The molecule has 208 valence electrons. The summed E-state index contributed by atoms with van der Waals surface area (Å²) in [7, 11) is 1.74. The van der Waals surface area contributed by atoms with Gasteiger partial charge in [-0.2, -0.15) is 28.1 Å². The molecular weight excluding hydrogens is 507 g/mol. The van der Waals surface area contributed by atoms with Gasteiger partial charge in [0, 0.05) is 32.1 Å². The molecule has 1 heterocycles. The Balaban J connectivity index is 1.28. The Morgan fingerprint density at radius 3 is 2.26 bits per heavy atom. The lowest BCUT2D eigenvalue weighted by Crippen LogP contribution is -2.36. The number of benzene rings is 2. The zero-order valence-electron chi connectivity index (χ0n) is 22.1. The van der Waals surface area contributed by atoms with Crippen LogP contribution in [0.4, 0.5) is 31.0 Å². The van der Waals surface area contributed by atoms with Gasteiger partial charge in [-0.1, -0.05) is 55.5 Å². The fourth-order valence-corrected chi connectivity index (χ4v) is 4.74. The van der Waals surface area contributed by atoms with Crippen molar-refractivity contribution in [3.63, 3.8) is 0 Å². The van der Waals surface area contributed by atoms with E-state index in [-0.39, 0.29) is 35.9 Å². The molecule has 4 rings (SSSR count). The molecule has 1 aliphatic rings. The molecule has 1 fully saturated rings. The Bertz CT molecular complexity index is 1230. The van der Waals surface area contributed by atoms with Crippen LogP contribution in [0.15, 0.2) is 54.6 Å². The van der Waals surface area contributed by atoms with Gasteiger partial charge in [-0.15, -0.1) is 0 Å². The Morgan fingerprint density at radius 1 is 0.923 bits per heavy atom. The van der Waals surface area contributed by atoms with Crippen LogP contribution in [0.5, 0.6) is 0 Å². The minimum atomic E-state index is -4.46. The van der Waals surface area contributed by atoms with E-state index < -0.39 is 11.7 Å². The van der Waals surface area contributed by atoms with Crippen molar-refractivity contribution in [2.45, 2.75) is 57.3 Å². The van der Waals surface area contributed by atoms with E-state index in [9.17, 15) is 18.0 Å². The van der Waals surface area contributed by atoms with Crippen molar-refractivity contribution in [3.8, 4) is 0 Å². The van der Waals surface area contributed by atoms with Crippen molar-refractivity contribution in [1.29, 1.82) is 0 Å². The van der Waals surface area contributed by atoms with E-state index >= 15 is 0 Å². The summed E-state index contributed by atoms with van der Waals surface area (Å²) >= 11 is 0. The lowest BCUT2D eigenvalue weighted by Gasteiger charge is -2.28. The zero-order valence-corrected chi connectivity index (χ0v) is 22.1. The van der Waals surface area contributed by atoms with E-state index in [1.807, 2.05) is 18.2 Å². The molecule has 0 bridgehead atoms. The fraction of sp³-hybridized carbons (Fsp3) is 0.429. The van der Waals surface area contributed by atoms with E-state index in [0.717, 1.165) is 6.07 Å². The third kappa shape index (κ3) is 7.81. The first-order valence-corrected chi connectivity index (χ1v) is 13.1. The maximum absolute atomic E-state index is 13.2. The number of nitrogens with one attached hydrogen (secondary N) is 4. The fourth-order valence-electron chi connectivity index (χ4n) is 4.74. The van der Waals surface area contributed by atoms with E-state index in [2.05, 4.69) is 55.3 Å². The molecule has 3 aromatic rings. The molecule has 11 heteroatoms. The molecule has 39 heavy (non-hydrogen) atoms. The molecule has 1 aliphatic carbocycles. The normalized spacial score (nSPS) is 18.2. The number of hydrogen-bond donors (Lipinski definition) is 4. The highest BCUT2D eigenvalue weighted by molar-refractivity contribution is 5.78. The molecular formula is C28H34F3N7O. The summed E-state index contributed by atoms with van der Waals surface area (Å²) in [6.45, 7) is 2.64. The smallest absolute Gasteiger partial charge is 0.357 e. The van der Waals surface area contributed by atoms with Gasteiger partial charge in [-0.25, -0.2) is 0 Å². The minimum Gasteiger partial charge on any atom is -0.357 e. The second-order valence-corrected chi connectivity index (χ2v) is 9.81. The topological polar surface area (TPSA) is 104 Å². The summed E-state index contributed by atoms with van der Waals surface area (Å²) in [5.74, 6) is 1.15. The van der Waals surface area contributed by atoms with Crippen molar-refractivity contribution in [3.05, 3.63) is 71.3 Å². The maximum Gasteiger partial charge on any atom is 0.416 e. The van der Waals surface area contributed by atoms with Crippen LogP contribution in [0.25, 0.3) is 0 Å². The number of anilines is 3. The van der Waals surface area contributed by atoms with Gasteiger partial charge in [0.15, 0.2) is 0 Å². The average Bonchev–Trinajstić information content (AvgIpc) is 2.95. The lowest BCUT2D eigenvalue weighted by molar-refractivity contribution is -0.138. The Hall–Kier alpha value is -3.89. The second-order valence-electron chi connectivity index (χ2n) is 9.81. The quantitative estimate of drug-likeness (QED) is 0.271. The first kappa shape index (κ1) is 28.1. The molecule has 1 saturated carbocycles. The first-order chi connectivity index (χ1) is 18.7. The largest absolute Gasteiger partial charge is 0.416 e. The third-order valence-electron chi connectivity index (χ3n) is 7.00. The Labute approximate surface area is 226 Å². The Morgan fingerprint density at radius 2 is 1.56 bits per heavy atom. The van der Waals surface area contributed by atoms with Crippen LogP contribution in [0.3, 0.4) is 0 Å². The molecule has 0 spiro atoms. The van der Waals surface area contributed by atoms with Gasteiger partial charge >= 0.3 is 6.18 Å². The molecule has 0 unspecified atom stereocenters. The summed E-state index contributed by atoms with van der Waals surface area (Å²) in [4.78, 5) is 26.0. The van der Waals surface area contributed by atoms with Gasteiger partial charge in [0.2, 0.25) is 23.8 Å². The number of carbonyl (C=O) groups is 1. The summed E-state index contributed by atoms with van der Waals surface area (Å²) in [6, 6.07) is 15.6. The SMILES string of the molecule is CNc1nc(NC[C@H](C)c2ccccc2)nc(N[C@H]2CC[C@@H](C(=O)NCc3ccccc3C(F)(F)F)CC2)n1. The Kier molecular flexibility index (Phi) is 9.21. The van der Waals surface area contributed by atoms with Gasteiger partial charge in [-0.3, -0.25) is 4.79 Å². The number of alkyl halides is 3. The average molecular weight is 542 g/mol. The lowest BCUT2D eigenvalue weighted by atomic mass is 9.85. The van der Waals surface area contributed by atoms with Gasteiger partial charge < -0.3 is 21.3 Å². The van der Waals surface area contributed by atoms with Crippen LogP contribution >= 0.6 is 0 Å². The third-order valence-corrected chi connectivity index (χ3v) is 7.00. The number of hydrogen-bond acceptors (Lipinski definition) is 7. The molecule has 0 aliphatic heterocycles. The molecule has 0 saturated heterocycles.